The lowest BCUT2D eigenvalue weighted by atomic mass is 10.0. The van der Waals surface area contributed by atoms with Gasteiger partial charge in [-0.1, -0.05) is 0 Å². The number of rotatable bonds is 8. The Labute approximate surface area is 119 Å². The normalized spacial score (nSPS) is 33.8. The minimum atomic E-state index is -2.27. The maximum Gasteiger partial charge on any atom is 0.320 e. The molecule has 0 saturated carbocycles. The third-order valence-corrected chi connectivity index (χ3v) is 3.25. The molecule has 0 bridgehead atoms. The van der Waals surface area contributed by atoms with Gasteiger partial charge in [-0.25, -0.2) is 0 Å². The summed E-state index contributed by atoms with van der Waals surface area (Å²) >= 11 is 0. The van der Waals surface area contributed by atoms with Crippen molar-refractivity contribution in [3.63, 3.8) is 0 Å². The summed E-state index contributed by atoms with van der Waals surface area (Å²) in [7, 11) is 0. The summed E-state index contributed by atoms with van der Waals surface area (Å²) in [4.78, 5) is 21.4. The van der Waals surface area contributed by atoms with Crippen LogP contribution in [0.15, 0.2) is 0 Å². The molecule has 21 heavy (non-hydrogen) atoms. The maximum atomic E-state index is 11.0. The average Bonchev–Trinajstić information content (AvgIpc) is 2.62. The van der Waals surface area contributed by atoms with Crippen LogP contribution in [0, 0.1) is 0 Å². The molecule has 7 N–H and O–H groups in total. The topological polar surface area (TPSA) is 177 Å². The van der Waals surface area contributed by atoms with E-state index < -0.39 is 61.7 Å². The molecule has 0 aromatic carbocycles. The fourth-order valence-electron chi connectivity index (χ4n) is 2.01. The molecule has 0 unspecified atom stereocenters. The van der Waals surface area contributed by atoms with Gasteiger partial charge in [0.15, 0.2) is 0 Å². The van der Waals surface area contributed by atoms with Crippen molar-refractivity contribution in [1.82, 2.24) is 5.32 Å². The number of nitrogens with one attached hydrogen (secondary N) is 1. The van der Waals surface area contributed by atoms with Crippen LogP contribution in [0.5, 0.6) is 0 Å². The fourth-order valence-corrected chi connectivity index (χ4v) is 2.01. The van der Waals surface area contributed by atoms with Gasteiger partial charge in [-0.3, -0.25) is 14.9 Å². The highest BCUT2D eigenvalue weighted by Crippen LogP contribution is 2.28. The standard InChI is InChI=1S/C11H19NO9/c13-3-6-8(16)9(17)11(20,21-6)4-12-5(10(18)19)1-2-7(14)15/h5-6,8-9,12-13,16-17,20H,1-4H2,(H,14,15)(H,18,19)/t5-,6+,8+,9-,11+/m0/s1. The number of hydrogen-bond acceptors (Lipinski definition) is 8. The predicted molar refractivity (Wildman–Crippen MR) is 65.2 cm³/mol. The Morgan fingerprint density at radius 2 is 1.90 bits per heavy atom. The molecule has 0 spiro atoms. The largest absolute Gasteiger partial charge is 0.481 e. The second-order valence-electron chi connectivity index (χ2n) is 4.82. The molecule has 0 aromatic heterocycles. The molecule has 122 valence electrons. The van der Waals surface area contributed by atoms with Gasteiger partial charge in [0.1, 0.15) is 24.4 Å². The molecule has 1 aliphatic heterocycles. The second kappa shape index (κ2) is 7.11. The van der Waals surface area contributed by atoms with E-state index in [0.29, 0.717) is 0 Å². The molecular formula is C11H19NO9. The third-order valence-electron chi connectivity index (χ3n) is 3.25. The quantitative estimate of drug-likeness (QED) is 0.240. The third kappa shape index (κ3) is 4.33. The molecule has 1 rings (SSSR count). The van der Waals surface area contributed by atoms with E-state index in [2.05, 4.69) is 5.32 Å². The Kier molecular flexibility index (Phi) is 6.01. The Bertz CT molecular complexity index is 390. The smallest absolute Gasteiger partial charge is 0.320 e. The van der Waals surface area contributed by atoms with E-state index in [0.717, 1.165) is 0 Å². The molecule has 1 heterocycles. The summed E-state index contributed by atoms with van der Waals surface area (Å²) in [6.07, 6.45) is -5.09. The lowest BCUT2D eigenvalue weighted by Gasteiger charge is -2.27. The van der Waals surface area contributed by atoms with Gasteiger partial charge in [-0.05, 0) is 6.42 Å². The van der Waals surface area contributed by atoms with E-state index in [1.807, 2.05) is 0 Å². The van der Waals surface area contributed by atoms with E-state index in [1.54, 1.807) is 0 Å². The first kappa shape index (κ1) is 17.8. The van der Waals surface area contributed by atoms with E-state index in [1.165, 1.54) is 0 Å². The molecule has 0 aliphatic carbocycles. The van der Waals surface area contributed by atoms with E-state index in [9.17, 15) is 24.9 Å². The number of aliphatic hydroxyl groups excluding tert-OH is 3. The number of hydrogen-bond donors (Lipinski definition) is 7. The molecule has 0 aromatic rings. The van der Waals surface area contributed by atoms with Crippen LogP contribution in [0.1, 0.15) is 12.8 Å². The van der Waals surface area contributed by atoms with Crippen molar-refractivity contribution in [3.8, 4) is 0 Å². The summed E-state index contributed by atoms with van der Waals surface area (Å²) in [6.45, 7) is -1.19. The average molecular weight is 309 g/mol. The minimum Gasteiger partial charge on any atom is -0.481 e. The maximum absolute atomic E-state index is 11.0. The molecule has 1 fully saturated rings. The van der Waals surface area contributed by atoms with Crippen molar-refractivity contribution >= 4 is 11.9 Å². The number of carbonyl (C=O) groups is 2. The summed E-state index contributed by atoms with van der Waals surface area (Å²) in [6, 6.07) is -1.27. The van der Waals surface area contributed by atoms with E-state index in [-0.39, 0.29) is 6.42 Å². The zero-order valence-electron chi connectivity index (χ0n) is 11.0. The molecular weight excluding hydrogens is 290 g/mol. The lowest BCUT2D eigenvalue weighted by Crippen LogP contribution is -2.53. The van der Waals surface area contributed by atoms with Crippen molar-refractivity contribution in [2.24, 2.45) is 0 Å². The van der Waals surface area contributed by atoms with Crippen molar-refractivity contribution in [2.75, 3.05) is 13.2 Å². The van der Waals surface area contributed by atoms with Crippen LogP contribution < -0.4 is 5.32 Å². The number of aliphatic hydroxyl groups is 4. The first-order valence-corrected chi connectivity index (χ1v) is 6.26. The molecule has 0 radical (unpaired) electrons. The number of carboxylic acid groups (broad SMARTS) is 2. The Morgan fingerprint density at radius 3 is 2.33 bits per heavy atom. The summed E-state index contributed by atoms with van der Waals surface area (Å²) in [5, 5.41) is 57.9. The van der Waals surface area contributed by atoms with Gasteiger partial charge in [0.05, 0.1) is 13.2 Å². The highest BCUT2D eigenvalue weighted by Gasteiger charge is 2.53. The van der Waals surface area contributed by atoms with Crippen LogP contribution in [0.2, 0.25) is 0 Å². The Morgan fingerprint density at radius 1 is 1.29 bits per heavy atom. The van der Waals surface area contributed by atoms with Gasteiger partial charge in [-0.2, -0.15) is 0 Å². The van der Waals surface area contributed by atoms with Crippen molar-refractivity contribution in [1.29, 1.82) is 0 Å². The van der Waals surface area contributed by atoms with Crippen LogP contribution >= 0.6 is 0 Å². The van der Waals surface area contributed by atoms with Gasteiger partial charge < -0.3 is 35.4 Å². The Balaban J connectivity index is 2.62. The summed E-state index contributed by atoms with van der Waals surface area (Å²) in [5.41, 5.74) is 0. The number of aliphatic carboxylic acids is 2. The molecule has 10 heteroatoms. The van der Waals surface area contributed by atoms with Crippen molar-refractivity contribution in [2.45, 2.75) is 43.0 Å². The zero-order chi connectivity index (χ0) is 16.2. The molecule has 10 nitrogen and oxygen atoms in total. The first-order valence-electron chi connectivity index (χ1n) is 6.26. The lowest BCUT2D eigenvalue weighted by molar-refractivity contribution is -0.227. The van der Waals surface area contributed by atoms with Crippen molar-refractivity contribution < 1.29 is 45.0 Å². The SMILES string of the molecule is O=C(O)CC[C@H](NC[C@@]1(O)O[C@H](CO)[C@@H](O)[C@@H]1O)C(=O)O. The highest BCUT2D eigenvalue weighted by atomic mass is 16.7. The number of carboxylic acids is 2. The first-order chi connectivity index (χ1) is 9.71. The van der Waals surface area contributed by atoms with Gasteiger partial charge in [-0.15, -0.1) is 0 Å². The molecule has 1 saturated heterocycles. The van der Waals surface area contributed by atoms with Crippen LogP contribution in [-0.2, 0) is 14.3 Å². The minimum absolute atomic E-state index is 0.233. The van der Waals surface area contributed by atoms with Gasteiger partial charge in [0, 0.05) is 6.42 Å². The van der Waals surface area contributed by atoms with E-state index in [4.69, 9.17) is 20.1 Å². The van der Waals surface area contributed by atoms with Gasteiger partial charge >= 0.3 is 11.9 Å². The monoisotopic (exact) mass is 309 g/mol. The molecule has 1 aliphatic rings. The van der Waals surface area contributed by atoms with Gasteiger partial charge in [0.2, 0.25) is 5.79 Å². The summed E-state index contributed by atoms with van der Waals surface area (Å²) in [5.74, 6) is -4.77. The van der Waals surface area contributed by atoms with Crippen LogP contribution in [0.25, 0.3) is 0 Å². The van der Waals surface area contributed by atoms with E-state index >= 15 is 0 Å². The van der Waals surface area contributed by atoms with Crippen LogP contribution in [0.3, 0.4) is 0 Å². The van der Waals surface area contributed by atoms with Crippen LogP contribution in [-0.4, -0.2) is 85.9 Å². The summed E-state index contributed by atoms with van der Waals surface area (Å²) < 4.78 is 4.91. The Hall–Kier alpha value is -1.30. The zero-order valence-corrected chi connectivity index (χ0v) is 11.0. The van der Waals surface area contributed by atoms with Crippen LogP contribution in [0.4, 0.5) is 0 Å². The molecule has 0 amide bonds. The van der Waals surface area contributed by atoms with Gasteiger partial charge in [0.25, 0.3) is 0 Å². The predicted octanol–water partition coefficient (Wildman–Crippen LogP) is -3.30. The molecule has 5 atom stereocenters. The second-order valence-corrected chi connectivity index (χ2v) is 4.82. The number of ether oxygens (including phenoxy) is 1. The fraction of sp³-hybridized carbons (Fsp3) is 0.818. The van der Waals surface area contributed by atoms with Crippen molar-refractivity contribution in [3.05, 3.63) is 0 Å². The highest BCUT2D eigenvalue weighted by molar-refractivity contribution is 5.75.